The fraction of sp³-hybridized carbons (Fsp3) is 0.789. The number of phenolic OH excluding ortho intramolecular Hbond substituents is 1. The largest absolute Gasteiger partial charge is 0.507 e. The zero-order chi connectivity index (χ0) is 33.1. The minimum atomic E-state index is -0.886. The first-order chi connectivity index (χ1) is 20.6. The van der Waals surface area contributed by atoms with E-state index in [1.165, 1.54) is 56.9 Å². The lowest BCUT2D eigenvalue weighted by atomic mass is 9.79. The van der Waals surface area contributed by atoms with E-state index in [-0.39, 0.29) is 18.4 Å². The summed E-state index contributed by atoms with van der Waals surface area (Å²) in [7, 11) is 0. The predicted octanol–water partition coefficient (Wildman–Crippen LogP) is 10.3. The van der Waals surface area contributed by atoms with Crippen LogP contribution < -0.4 is 4.74 Å². The van der Waals surface area contributed by atoms with Crippen LogP contribution in [-0.2, 0) is 16.0 Å². The number of aliphatic carboxylic acids is 2. The fourth-order valence-electron chi connectivity index (χ4n) is 7.46. The smallest absolute Gasteiger partial charge is 0.303 e. The van der Waals surface area contributed by atoms with Gasteiger partial charge < -0.3 is 20.1 Å². The van der Waals surface area contributed by atoms with Crippen molar-refractivity contribution in [3.63, 3.8) is 0 Å². The highest BCUT2D eigenvalue weighted by Crippen LogP contribution is 2.45. The van der Waals surface area contributed by atoms with Crippen molar-refractivity contribution in [2.45, 2.75) is 170 Å². The van der Waals surface area contributed by atoms with E-state index in [1.54, 1.807) is 0 Å². The van der Waals surface area contributed by atoms with Crippen LogP contribution >= 0.6 is 0 Å². The van der Waals surface area contributed by atoms with Crippen molar-refractivity contribution in [3.05, 3.63) is 22.3 Å². The lowest BCUT2D eigenvalue weighted by molar-refractivity contribution is -0.143. The standard InChI is InChI=1S/C29H50O2.C9H14O4/c1-20(2)12-9-13-21(3)14-10-15-22(4)16-11-18-29(8)19-17-26-25(7)27(30)23(5)24(6)28(26)31-29;10-7(11)5-9(6-8(12)13)3-1-2-4-9/h20-22,30H,9-19H2,1-8H3;1-6H2,(H,10,11)(H,12,13)/t21-,22-,29-;/m1./s1. The van der Waals surface area contributed by atoms with Crippen LogP contribution in [-0.4, -0.2) is 32.9 Å². The first-order valence-corrected chi connectivity index (χ1v) is 17.5. The molecule has 1 aliphatic carbocycles. The summed E-state index contributed by atoms with van der Waals surface area (Å²) in [6.07, 6.45) is 17.5. The van der Waals surface area contributed by atoms with Crippen LogP contribution in [0.25, 0.3) is 0 Å². The number of carboxylic acids is 2. The fourth-order valence-corrected chi connectivity index (χ4v) is 7.46. The van der Waals surface area contributed by atoms with Gasteiger partial charge in [0, 0.05) is 5.56 Å². The van der Waals surface area contributed by atoms with E-state index < -0.39 is 17.4 Å². The third-order valence-corrected chi connectivity index (χ3v) is 10.6. The van der Waals surface area contributed by atoms with E-state index >= 15 is 0 Å². The van der Waals surface area contributed by atoms with Crippen LogP contribution in [0.3, 0.4) is 0 Å². The molecule has 0 radical (unpaired) electrons. The number of fused-ring (bicyclic) bond motifs is 1. The molecule has 2 aliphatic rings. The molecule has 0 unspecified atom stereocenters. The van der Waals surface area contributed by atoms with Gasteiger partial charge in [-0.2, -0.15) is 0 Å². The Hall–Kier alpha value is -2.24. The van der Waals surface area contributed by atoms with E-state index in [0.717, 1.165) is 85.1 Å². The zero-order valence-corrected chi connectivity index (χ0v) is 29.3. The summed E-state index contributed by atoms with van der Waals surface area (Å²) in [5.74, 6) is 2.26. The molecule has 6 nitrogen and oxygen atoms in total. The summed E-state index contributed by atoms with van der Waals surface area (Å²) in [5.41, 5.74) is 3.77. The molecule has 0 bridgehead atoms. The molecule has 1 aromatic carbocycles. The maximum Gasteiger partial charge on any atom is 0.303 e. The number of hydrogen-bond acceptors (Lipinski definition) is 4. The van der Waals surface area contributed by atoms with E-state index in [9.17, 15) is 14.7 Å². The molecule has 3 atom stereocenters. The molecule has 1 aromatic rings. The average molecular weight is 617 g/mol. The Balaban J connectivity index is 0.000000432. The highest BCUT2D eigenvalue weighted by molar-refractivity contribution is 5.72. The predicted molar refractivity (Wildman–Crippen MR) is 180 cm³/mol. The number of carbonyl (C=O) groups is 2. The second-order valence-corrected chi connectivity index (χ2v) is 15.3. The maximum absolute atomic E-state index is 10.5. The second-order valence-electron chi connectivity index (χ2n) is 15.3. The van der Waals surface area contributed by atoms with Crippen LogP contribution in [0.5, 0.6) is 11.5 Å². The lowest BCUT2D eigenvalue weighted by Crippen LogP contribution is -2.37. The monoisotopic (exact) mass is 616 g/mol. The van der Waals surface area contributed by atoms with Gasteiger partial charge in [0.25, 0.3) is 0 Å². The molecule has 0 spiro atoms. The molecule has 252 valence electrons. The lowest BCUT2D eigenvalue weighted by Gasteiger charge is -2.38. The molecule has 1 fully saturated rings. The first-order valence-electron chi connectivity index (χ1n) is 17.5. The number of rotatable bonds is 16. The van der Waals surface area contributed by atoms with Crippen molar-refractivity contribution in [3.8, 4) is 11.5 Å². The Labute approximate surface area is 268 Å². The SMILES string of the molecule is Cc1c(C)c2c(c(C)c1O)CC[C@@](C)(CCC[C@H](C)CCC[C@H](C)CCCC(C)C)O2.O=C(O)CC1(CC(=O)O)CCCC1. The number of hydrogen-bond donors (Lipinski definition) is 3. The minimum absolute atomic E-state index is 0.000694. The topological polar surface area (TPSA) is 104 Å². The number of carboxylic acid groups (broad SMARTS) is 2. The Morgan fingerprint density at radius 1 is 0.750 bits per heavy atom. The van der Waals surface area contributed by atoms with E-state index in [0.29, 0.717) is 5.75 Å². The third-order valence-electron chi connectivity index (χ3n) is 10.6. The van der Waals surface area contributed by atoms with Crippen LogP contribution in [0.2, 0.25) is 0 Å². The zero-order valence-electron chi connectivity index (χ0n) is 29.3. The summed E-state index contributed by atoms with van der Waals surface area (Å²) in [5, 5.41) is 27.7. The van der Waals surface area contributed by atoms with Crippen molar-refractivity contribution in [1.29, 1.82) is 0 Å². The van der Waals surface area contributed by atoms with Crippen LogP contribution in [0.4, 0.5) is 0 Å². The van der Waals surface area contributed by atoms with E-state index in [1.807, 2.05) is 13.8 Å². The van der Waals surface area contributed by atoms with Crippen molar-refractivity contribution < 1.29 is 29.6 Å². The van der Waals surface area contributed by atoms with Gasteiger partial charge in [-0.25, -0.2) is 0 Å². The molecule has 1 aliphatic heterocycles. The quantitative estimate of drug-likeness (QED) is 0.171. The molecule has 1 saturated carbocycles. The summed E-state index contributed by atoms with van der Waals surface area (Å²) >= 11 is 0. The molecule has 6 heteroatoms. The molecule has 1 heterocycles. The summed E-state index contributed by atoms with van der Waals surface area (Å²) in [6, 6.07) is 0. The Bertz CT molecular complexity index is 1050. The molecular weight excluding hydrogens is 552 g/mol. The molecule has 0 amide bonds. The molecule has 3 rings (SSSR count). The molecule has 3 N–H and O–H groups in total. The Morgan fingerprint density at radius 3 is 1.75 bits per heavy atom. The van der Waals surface area contributed by atoms with Crippen molar-refractivity contribution in [1.82, 2.24) is 0 Å². The van der Waals surface area contributed by atoms with Crippen LogP contribution in [0, 0.1) is 43.9 Å². The van der Waals surface area contributed by atoms with Gasteiger partial charge in [-0.3, -0.25) is 9.59 Å². The van der Waals surface area contributed by atoms with Gasteiger partial charge in [-0.15, -0.1) is 0 Å². The number of ether oxygens (including phenoxy) is 1. The molecule has 0 aromatic heterocycles. The van der Waals surface area contributed by atoms with Crippen LogP contribution in [0.1, 0.15) is 160 Å². The maximum atomic E-state index is 10.5. The van der Waals surface area contributed by atoms with Gasteiger partial charge in [-0.1, -0.05) is 85.5 Å². The van der Waals surface area contributed by atoms with Gasteiger partial charge in [-0.05, 0) is 106 Å². The van der Waals surface area contributed by atoms with Gasteiger partial charge in [0.15, 0.2) is 0 Å². The van der Waals surface area contributed by atoms with E-state index in [4.69, 9.17) is 14.9 Å². The van der Waals surface area contributed by atoms with Crippen molar-refractivity contribution >= 4 is 11.9 Å². The second kappa shape index (κ2) is 17.5. The van der Waals surface area contributed by atoms with Gasteiger partial charge in [0.1, 0.15) is 17.1 Å². The number of aromatic hydroxyl groups is 1. The average Bonchev–Trinajstić information content (AvgIpc) is 3.37. The van der Waals surface area contributed by atoms with Crippen molar-refractivity contribution in [2.75, 3.05) is 0 Å². The van der Waals surface area contributed by atoms with Gasteiger partial charge in [0.2, 0.25) is 0 Å². The normalized spacial score (nSPS) is 20.3. The van der Waals surface area contributed by atoms with E-state index in [2.05, 4.69) is 41.5 Å². The highest BCUT2D eigenvalue weighted by Gasteiger charge is 2.38. The van der Waals surface area contributed by atoms with Crippen molar-refractivity contribution in [2.24, 2.45) is 23.2 Å². The molecular formula is C38H64O6. The van der Waals surface area contributed by atoms with Gasteiger partial charge in [0.05, 0.1) is 12.8 Å². The summed E-state index contributed by atoms with van der Waals surface area (Å²) in [4.78, 5) is 21.1. The Morgan fingerprint density at radius 2 is 1.25 bits per heavy atom. The highest BCUT2D eigenvalue weighted by atomic mass is 16.5. The van der Waals surface area contributed by atoms with Gasteiger partial charge >= 0.3 is 11.9 Å². The Kier molecular flexibility index (Phi) is 15.1. The molecule has 44 heavy (non-hydrogen) atoms. The third kappa shape index (κ3) is 11.9. The number of benzene rings is 1. The number of phenols is 1. The molecule has 0 saturated heterocycles. The van der Waals surface area contributed by atoms with Crippen LogP contribution in [0.15, 0.2) is 0 Å². The summed E-state index contributed by atoms with van der Waals surface area (Å²) in [6.45, 7) is 17.9. The summed E-state index contributed by atoms with van der Waals surface area (Å²) < 4.78 is 6.60. The minimum Gasteiger partial charge on any atom is -0.507 e. The first kappa shape index (κ1) is 37.9.